The van der Waals surface area contributed by atoms with Gasteiger partial charge in [0, 0.05) is 17.8 Å². The summed E-state index contributed by atoms with van der Waals surface area (Å²) in [6.07, 6.45) is 8.01. The molecule has 3 rings (SSSR count). The standard InChI is InChI=1S/C15H21N5/c16-14-9-5-4-8-13(14)15-17-18-19-20(15)11-10-12-6-2-1-3-7-12/h4-5,8-9,12H,1-3,6-7,10-11,16H2. The van der Waals surface area contributed by atoms with Crippen LogP contribution in [0.1, 0.15) is 38.5 Å². The van der Waals surface area contributed by atoms with E-state index in [1.54, 1.807) is 0 Å². The Morgan fingerprint density at radius 3 is 2.75 bits per heavy atom. The Kier molecular flexibility index (Phi) is 3.95. The van der Waals surface area contributed by atoms with Crippen LogP contribution >= 0.6 is 0 Å². The highest BCUT2D eigenvalue weighted by molar-refractivity contribution is 5.70. The largest absolute Gasteiger partial charge is 0.398 e. The Hall–Kier alpha value is -1.91. The molecule has 0 bridgehead atoms. The van der Waals surface area contributed by atoms with Crippen LogP contribution in [-0.4, -0.2) is 20.2 Å². The molecule has 2 N–H and O–H groups in total. The van der Waals surface area contributed by atoms with Gasteiger partial charge in [-0.15, -0.1) is 5.10 Å². The third-order valence-electron chi connectivity index (χ3n) is 4.21. The SMILES string of the molecule is Nc1ccccc1-c1nnnn1CCC1CCCCC1. The van der Waals surface area contributed by atoms with E-state index in [9.17, 15) is 0 Å². The van der Waals surface area contributed by atoms with Crippen molar-refractivity contribution in [1.82, 2.24) is 20.2 Å². The van der Waals surface area contributed by atoms with Crippen molar-refractivity contribution in [2.24, 2.45) is 5.92 Å². The molecule has 5 nitrogen and oxygen atoms in total. The number of anilines is 1. The highest BCUT2D eigenvalue weighted by Gasteiger charge is 2.16. The zero-order chi connectivity index (χ0) is 13.8. The summed E-state index contributed by atoms with van der Waals surface area (Å²) in [5, 5.41) is 12.1. The van der Waals surface area contributed by atoms with Crippen molar-refractivity contribution in [3.8, 4) is 11.4 Å². The second-order valence-corrected chi connectivity index (χ2v) is 5.61. The molecule has 1 aromatic carbocycles. The summed E-state index contributed by atoms with van der Waals surface area (Å²) in [6.45, 7) is 0.876. The molecule has 1 heterocycles. The Morgan fingerprint density at radius 2 is 1.95 bits per heavy atom. The predicted molar refractivity (Wildman–Crippen MR) is 78.9 cm³/mol. The maximum absolute atomic E-state index is 6.01. The van der Waals surface area contributed by atoms with Crippen LogP contribution in [0.4, 0.5) is 5.69 Å². The van der Waals surface area contributed by atoms with Crippen molar-refractivity contribution in [1.29, 1.82) is 0 Å². The number of aryl methyl sites for hydroxylation is 1. The van der Waals surface area contributed by atoms with Crippen molar-refractivity contribution in [3.05, 3.63) is 24.3 Å². The summed E-state index contributed by atoms with van der Waals surface area (Å²) in [7, 11) is 0. The van der Waals surface area contributed by atoms with Crippen molar-refractivity contribution in [2.45, 2.75) is 45.1 Å². The number of rotatable bonds is 4. The first-order chi connectivity index (χ1) is 9.84. The minimum Gasteiger partial charge on any atom is -0.398 e. The summed E-state index contributed by atoms with van der Waals surface area (Å²) in [4.78, 5) is 0. The highest BCUT2D eigenvalue weighted by atomic mass is 15.5. The zero-order valence-corrected chi connectivity index (χ0v) is 11.7. The summed E-state index contributed by atoms with van der Waals surface area (Å²) < 4.78 is 1.89. The molecule has 1 fully saturated rings. The van der Waals surface area contributed by atoms with Gasteiger partial charge in [0.05, 0.1) is 0 Å². The van der Waals surface area contributed by atoms with E-state index in [1.165, 1.54) is 32.1 Å². The van der Waals surface area contributed by atoms with Crippen LogP contribution in [0.5, 0.6) is 0 Å². The molecule has 0 amide bonds. The topological polar surface area (TPSA) is 69.6 Å². The highest BCUT2D eigenvalue weighted by Crippen LogP contribution is 2.28. The van der Waals surface area contributed by atoms with Crippen LogP contribution in [0.25, 0.3) is 11.4 Å². The molecule has 0 atom stereocenters. The Labute approximate surface area is 119 Å². The Bertz CT molecular complexity index is 557. The van der Waals surface area contributed by atoms with Crippen LogP contribution in [0, 0.1) is 5.92 Å². The number of para-hydroxylation sites is 1. The number of aromatic nitrogens is 4. The van der Waals surface area contributed by atoms with Crippen LogP contribution in [-0.2, 0) is 6.54 Å². The molecule has 0 radical (unpaired) electrons. The van der Waals surface area contributed by atoms with Crippen molar-refractivity contribution >= 4 is 5.69 Å². The molecule has 20 heavy (non-hydrogen) atoms. The smallest absolute Gasteiger partial charge is 0.184 e. The van der Waals surface area contributed by atoms with Crippen LogP contribution < -0.4 is 5.73 Å². The van der Waals surface area contributed by atoms with E-state index < -0.39 is 0 Å². The van der Waals surface area contributed by atoms with Crippen molar-refractivity contribution in [3.63, 3.8) is 0 Å². The number of hydrogen-bond acceptors (Lipinski definition) is 4. The monoisotopic (exact) mass is 271 g/mol. The first-order valence-electron chi connectivity index (χ1n) is 7.45. The molecule has 0 spiro atoms. The number of nitrogen functional groups attached to an aromatic ring is 1. The lowest BCUT2D eigenvalue weighted by Gasteiger charge is -2.21. The minimum absolute atomic E-state index is 0.723. The molecule has 106 valence electrons. The quantitative estimate of drug-likeness (QED) is 0.868. The third-order valence-corrected chi connectivity index (χ3v) is 4.21. The number of nitrogens with two attached hydrogens (primary N) is 1. The lowest BCUT2D eigenvalue weighted by molar-refractivity contribution is 0.318. The lowest BCUT2D eigenvalue weighted by Crippen LogP contribution is -2.12. The fourth-order valence-electron chi connectivity index (χ4n) is 3.03. The second kappa shape index (κ2) is 6.03. The van der Waals surface area contributed by atoms with Crippen LogP contribution in [0.2, 0.25) is 0 Å². The van der Waals surface area contributed by atoms with E-state index in [1.807, 2.05) is 28.9 Å². The minimum atomic E-state index is 0.723. The average molecular weight is 271 g/mol. The summed E-state index contributed by atoms with van der Waals surface area (Å²) >= 11 is 0. The molecule has 0 unspecified atom stereocenters. The summed E-state index contributed by atoms with van der Waals surface area (Å²) in [5.74, 6) is 1.60. The molecule has 0 saturated heterocycles. The van der Waals surface area contributed by atoms with E-state index >= 15 is 0 Å². The third kappa shape index (κ3) is 2.81. The number of nitrogens with zero attached hydrogens (tertiary/aromatic N) is 4. The van der Waals surface area contributed by atoms with Gasteiger partial charge in [-0.05, 0) is 34.9 Å². The lowest BCUT2D eigenvalue weighted by atomic mass is 9.87. The van der Waals surface area contributed by atoms with E-state index in [4.69, 9.17) is 5.73 Å². The first kappa shape index (κ1) is 13.1. The van der Waals surface area contributed by atoms with Gasteiger partial charge in [-0.1, -0.05) is 44.2 Å². The zero-order valence-electron chi connectivity index (χ0n) is 11.7. The van der Waals surface area contributed by atoms with E-state index in [2.05, 4.69) is 15.5 Å². The van der Waals surface area contributed by atoms with E-state index in [0.29, 0.717) is 0 Å². The number of hydrogen-bond donors (Lipinski definition) is 1. The molecular formula is C15H21N5. The fourth-order valence-corrected chi connectivity index (χ4v) is 3.03. The molecule has 1 aliphatic rings. The molecule has 0 aliphatic heterocycles. The van der Waals surface area contributed by atoms with E-state index in [-0.39, 0.29) is 0 Å². The van der Waals surface area contributed by atoms with Gasteiger partial charge in [-0.2, -0.15) is 0 Å². The normalized spacial score (nSPS) is 16.4. The predicted octanol–water partition coefficient (Wildman–Crippen LogP) is 2.89. The van der Waals surface area contributed by atoms with Gasteiger partial charge in [0.1, 0.15) is 0 Å². The van der Waals surface area contributed by atoms with E-state index in [0.717, 1.165) is 36.0 Å². The molecule has 1 aliphatic carbocycles. The van der Waals surface area contributed by atoms with Gasteiger partial charge >= 0.3 is 0 Å². The molecule has 1 aromatic heterocycles. The average Bonchev–Trinajstić information content (AvgIpc) is 2.95. The maximum Gasteiger partial charge on any atom is 0.184 e. The fraction of sp³-hybridized carbons (Fsp3) is 0.533. The van der Waals surface area contributed by atoms with Gasteiger partial charge in [0.2, 0.25) is 0 Å². The second-order valence-electron chi connectivity index (χ2n) is 5.61. The molecule has 1 saturated carbocycles. The summed E-state index contributed by atoms with van der Waals surface area (Å²) in [6, 6.07) is 7.74. The van der Waals surface area contributed by atoms with Gasteiger partial charge in [-0.25, -0.2) is 4.68 Å². The molecule has 2 aromatic rings. The van der Waals surface area contributed by atoms with Gasteiger partial charge in [0.15, 0.2) is 5.82 Å². The van der Waals surface area contributed by atoms with Gasteiger partial charge < -0.3 is 5.73 Å². The molecule has 5 heteroatoms. The number of tetrazole rings is 1. The summed E-state index contributed by atoms with van der Waals surface area (Å²) in [5.41, 5.74) is 7.65. The first-order valence-corrected chi connectivity index (χ1v) is 7.45. The number of benzene rings is 1. The van der Waals surface area contributed by atoms with Crippen molar-refractivity contribution in [2.75, 3.05) is 5.73 Å². The Morgan fingerprint density at radius 1 is 1.15 bits per heavy atom. The van der Waals surface area contributed by atoms with Gasteiger partial charge in [0.25, 0.3) is 0 Å². The Balaban J connectivity index is 1.72. The van der Waals surface area contributed by atoms with Gasteiger partial charge in [-0.3, -0.25) is 0 Å². The molecular weight excluding hydrogens is 250 g/mol. The van der Waals surface area contributed by atoms with Crippen LogP contribution in [0.15, 0.2) is 24.3 Å². The van der Waals surface area contributed by atoms with Crippen molar-refractivity contribution < 1.29 is 0 Å². The maximum atomic E-state index is 6.01. The van der Waals surface area contributed by atoms with Crippen LogP contribution in [0.3, 0.4) is 0 Å².